The number of carbonyl (C=O) groups excluding carboxylic acids is 6. The zero-order valence-corrected chi connectivity index (χ0v) is 32.2. The average molecular weight is 777 g/mol. The largest absolute Gasteiger partial charge is 0.384 e. The second kappa shape index (κ2) is 16.3. The van der Waals surface area contributed by atoms with Crippen LogP contribution in [0.15, 0.2) is 48.8 Å². The topological polar surface area (TPSA) is 217 Å². The number of aryl methyl sites for hydroxylation is 1. The van der Waals surface area contributed by atoms with Crippen LogP contribution in [0.25, 0.3) is 11.5 Å². The average Bonchev–Trinajstić information content (AvgIpc) is 3.89. The number of hydrogen-bond donors (Lipinski definition) is 4. The summed E-state index contributed by atoms with van der Waals surface area (Å²) in [6.07, 6.45) is 2.27. The van der Waals surface area contributed by atoms with E-state index in [9.17, 15) is 28.8 Å². The van der Waals surface area contributed by atoms with E-state index in [1.165, 1.54) is 6.07 Å². The molecule has 1 fully saturated rings. The van der Waals surface area contributed by atoms with Crippen molar-refractivity contribution in [2.24, 2.45) is 0 Å². The van der Waals surface area contributed by atoms with Crippen molar-refractivity contribution < 1.29 is 28.8 Å². The van der Waals surface area contributed by atoms with Crippen molar-refractivity contribution in [3.05, 3.63) is 76.7 Å². The molecule has 4 aromatic rings. The maximum Gasteiger partial charge on any atom is 0.264 e. The summed E-state index contributed by atoms with van der Waals surface area (Å²) in [5.74, 6) is -0.961. The summed E-state index contributed by atoms with van der Waals surface area (Å²) in [6.45, 7) is 7.97. The van der Waals surface area contributed by atoms with Crippen molar-refractivity contribution >= 4 is 52.8 Å². The Hall–Kier alpha value is -6.56. The third-order valence-corrected chi connectivity index (χ3v) is 10.4. The Balaban J connectivity index is 0.941. The minimum Gasteiger partial charge on any atom is -0.384 e. The molecular formula is C39H44N12O6. The van der Waals surface area contributed by atoms with Crippen molar-refractivity contribution in [1.82, 2.24) is 45.6 Å². The second-order valence-corrected chi connectivity index (χ2v) is 14.3. The molecule has 0 aliphatic carbocycles. The van der Waals surface area contributed by atoms with E-state index in [4.69, 9.17) is 9.97 Å². The van der Waals surface area contributed by atoms with E-state index in [2.05, 4.69) is 31.5 Å². The van der Waals surface area contributed by atoms with E-state index >= 15 is 0 Å². The summed E-state index contributed by atoms with van der Waals surface area (Å²) in [5.41, 5.74) is 3.36. The summed E-state index contributed by atoms with van der Waals surface area (Å²) in [5, 5.41) is 19.7. The van der Waals surface area contributed by atoms with Gasteiger partial charge in [-0.1, -0.05) is 12.1 Å². The quantitative estimate of drug-likeness (QED) is 0.100. The van der Waals surface area contributed by atoms with Crippen LogP contribution in [0.5, 0.6) is 0 Å². The molecule has 57 heavy (non-hydrogen) atoms. The molecule has 3 aliphatic rings. The monoisotopic (exact) mass is 776 g/mol. The van der Waals surface area contributed by atoms with Crippen LogP contribution in [-0.2, 0) is 34.0 Å². The summed E-state index contributed by atoms with van der Waals surface area (Å²) >= 11 is 0. The molecule has 1 saturated heterocycles. The number of hydrogen-bond acceptors (Lipinski definition) is 13. The number of piperidine rings is 1. The van der Waals surface area contributed by atoms with Crippen LogP contribution in [0, 0.1) is 0 Å². The van der Waals surface area contributed by atoms with Crippen LogP contribution in [-0.4, -0.2) is 104 Å². The van der Waals surface area contributed by atoms with Crippen LogP contribution in [0.1, 0.15) is 82.4 Å². The van der Waals surface area contributed by atoms with Gasteiger partial charge in [0.1, 0.15) is 29.7 Å². The van der Waals surface area contributed by atoms with Crippen LogP contribution in [0.3, 0.4) is 0 Å². The van der Waals surface area contributed by atoms with Gasteiger partial charge >= 0.3 is 0 Å². The Bertz CT molecular complexity index is 2270. The SMILES string of the molecule is CCn1cnnc1-c1cccc(N2Cc3c(cc(N(C)C(C)C)nc3CNCC(=O)NCCCNc3cccc4c3C(=O)N(C3CCC(=O)NC3=O)C4=O)C2=O)n1. The maximum absolute atomic E-state index is 13.9. The first-order chi connectivity index (χ1) is 27.5. The number of aromatic nitrogens is 5. The zero-order chi connectivity index (χ0) is 40.4. The molecule has 6 heterocycles. The predicted molar refractivity (Wildman–Crippen MR) is 208 cm³/mol. The molecule has 18 heteroatoms. The summed E-state index contributed by atoms with van der Waals surface area (Å²) in [4.78, 5) is 91.5. The highest BCUT2D eigenvalue weighted by Crippen LogP contribution is 2.34. The second-order valence-electron chi connectivity index (χ2n) is 14.3. The van der Waals surface area contributed by atoms with Crippen molar-refractivity contribution in [2.75, 3.05) is 41.8 Å². The molecule has 3 aliphatic heterocycles. The zero-order valence-electron chi connectivity index (χ0n) is 32.2. The smallest absolute Gasteiger partial charge is 0.264 e. The number of nitrogens with one attached hydrogen (secondary N) is 4. The fraction of sp³-hybridized carbons (Fsp3) is 0.385. The number of imide groups is 2. The Labute approximate surface area is 328 Å². The van der Waals surface area contributed by atoms with Crippen molar-refractivity contribution in [3.63, 3.8) is 0 Å². The molecule has 0 spiro atoms. The first-order valence-electron chi connectivity index (χ1n) is 18.9. The Morgan fingerprint density at radius 1 is 1.00 bits per heavy atom. The van der Waals surface area contributed by atoms with E-state index in [0.29, 0.717) is 66.2 Å². The van der Waals surface area contributed by atoms with Gasteiger partial charge in [-0.05, 0) is 63.9 Å². The number of amides is 6. The van der Waals surface area contributed by atoms with Crippen molar-refractivity contribution in [2.45, 2.75) is 71.8 Å². The first-order valence-corrected chi connectivity index (χ1v) is 18.9. The maximum atomic E-state index is 13.9. The van der Waals surface area contributed by atoms with Gasteiger partial charge in [0.2, 0.25) is 17.7 Å². The summed E-state index contributed by atoms with van der Waals surface area (Å²) in [6, 6.07) is 11.2. The number of benzene rings is 1. The van der Waals surface area contributed by atoms with Gasteiger partial charge in [-0.3, -0.25) is 43.9 Å². The Morgan fingerprint density at radius 2 is 1.81 bits per heavy atom. The van der Waals surface area contributed by atoms with Gasteiger partial charge < -0.3 is 25.4 Å². The Kier molecular flexibility index (Phi) is 11.0. The fourth-order valence-corrected chi connectivity index (χ4v) is 7.07. The summed E-state index contributed by atoms with van der Waals surface area (Å²) < 4.78 is 1.88. The van der Waals surface area contributed by atoms with Gasteiger partial charge in [-0.15, -0.1) is 10.2 Å². The van der Waals surface area contributed by atoms with Crippen LogP contribution in [0.2, 0.25) is 0 Å². The fourth-order valence-electron chi connectivity index (χ4n) is 7.07. The number of nitrogens with zero attached hydrogens (tertiary/aromatic N) is 8. The van der Waals surface area contributed by atoms with E-state index < -0.39 is 29.7 Å². The standard InChI is InChI=1S/C39H44N12O6/c1-5-49-21-43-47-35(49)27-11-7-12-30(44-27)50-20-25-24(37(50)55)17-31(48(4)22(2)3)45-28(25)18-40-19-33(53)42-16-8-15-41-26-10-6-9-23-34(26)39(57)51(38(23)56)29-13-14-32(52)46-36(29)54/h6-7,9-12,17,21-22,29,40-41H,5,8,13-16,18-20H2,1-4H3,(H,42,53)(H,46,52,54). The third kappa shape index (κ3) is 7.67. The van der Waals surface area contributed by atoms with E-state index in [0.717, 1.165) is 10.5 Å². The molecule has 0 saturated carbocycles. The number of pyridine rings is 2. The molecule has 18 nitrogen and oxygen atoms in total. The van der Waals surface area contributed by atoms with Gasteiger partial charge in [-0.2, -0.15) is 0 Å². The lowest BCUT2D eigenvalue weighted by molar-refractivity contribution is -0.136. The van der Waals surface area contributed by atoms with Crippen molar-refractivity contribution in [1.29, 1.82) is 0 Å². The number of fused-ring (bicyclic) bond motifs is 2. The van der Waals surface area contributed by atoms with Crippen molar-refractivity contribution in [3.8, 4) is 11.5 Å². The Morgan fingerprint density at radius 3 is 2.58 bits per heavy atom. The summed E-state index contributed by atoms with van der Waals surface area (Å²) in [7, 11) is 1.92. The highest BCUT2D eigenvalue weighted by atomic mass is 16.2. The lowest BCUT2D eigenvalue weighted by Gasteiger charge is -2.27. The molecule has 296 valence electrons. The van der Waals surface area contributed by atoms with Crippen LogP contribution < -0.4 is 31.1 Å². The molecule has 1 unspecified atom stereocenters. The highest BCUT2D eigenvalue weighted by molar-refractivity contribution is 6.25. The molecule has 1 atom stereocenters. The van der Waals surface area contributed by atoms with Gasteiger partial charge in [0.15, 0.2) is 5.82 Å². The highest BCUT2D eigenvalue weighted by Gasteiger charge is 2.45. The van der Waals surface area contributed by atoms with Crippen LogP contribution in [0.4, 0.5) is 17.3 Å². The minimum absolute atomic E-state index is 0.00643. The van der Waals surface area contributed by atoms with Gasteiger partial charge in [-0.25, -0.2) is 9.97 Å². The molecule has 1 aromatic carbocycles. The molecule has 0 radical (unpaired) electrons. The number of anilines is 3. The number of rotatable bonds is 15. The third-order valence-electron chi connectivity index (χ3n) is 10.4. The minimum atomic E-state index is -1.05. The molecule has 4 N–H and O–H groups in total. The molecule has 7 rings (SSSR count). The number of carbonyl (C=O) groups is 6. The lowest BCUT2D eigenvalue weighted by Crippen LogP contribution is -2.54. The normalized spacial score (nSPS) is 16.3. The van der Waals surface area contributed by atoms with Gasteiger partial charge in [0, 0.05) is 56.9 Å². The first kappa shape index (κ1) is 38.7. The molecule has 0 bridgehead atoms. The predicted octanol–water partition coefficient (Wildman–Crippen LogP) is 1.87. The lowest BCUT2D eigenvalue weighted by atomic mass is 10.0. The molecular weight excluding hydrogens is 733 g/mol. The van der Waals surface area contributed by atoms with E-state index in [-0.39, 0.29) is 61.5 Å². The molecule has 3 aromatic heterocycles. The van der Waals surface area contributed by atoms with Gasteiger partial charge in [0.25, 0.3) is 17.7 Å². The van der Waals surface area contributed by atoms with E-state index in [1.807, 2.05) is 55.5 Å². The van der Waals surface area contributed by atoms with Gasteiger partial charge in [0.05, 0.1) is 35.5 Å². The molecule has 6 amide bonds. The van der Waals surface area contributed by atoms with E-state index in [1.54, 1.807) is 29.4 Å². The van der Waals surface area contributed by atoms with Crippen LogP contribution >= 0.6 is 0 Å².